The minimum atomic E-state index is -0.432. The number of nitrogens with one attached hydrogen (secondary N) is 2. The molecule has 1 unspecified atom stereocenters. The van der Waals surface area contributed by atoms with Crippen LogP contribution in [0.3, 0.4) is 0 Å². The Morgan fingerprint density at radius 2 is 1.89 bits per heavy atom. The molecule has 0 saturated carbocycles. The topological polar surface area (TPSA) is 112 Å². The number of nitrogens with zero attached hydrogens (tertiary/aromatic N) is 1. The second-order valence-corrected chi connectivity index (χ2v) is 4.58. The molecular weight excluding hydrogens is 248 g/mol. The van der Waals surface area contributed by atoms with Gasteiger partial charge in [-0.1, -0.05) is 6.07 Å². The fourth-order valence-electron chi connectivity index (χ4n) is 2.40. The third-order valence-electron chi connectivity index (χ3n) is 3.25. The summed E-state index contributed by atoms with van der Waals surface area (Å²) in [5.74, 6) is -0.139. The van der Waals surface area contributed by atoms with E-state index in [0.29, 0.717) is 12.2 Å². The fraction of sp³-hybridized carbons (Fsp3) is 0.250. The van der Waals surface area contributed by atoms with E-state index in [2.05, 4.69) is 10.2 Å². The Kier molecular flexibility index (Phi) is 2.49. The average molecular weight is 260 g/mol. The number of hydrogen-bond acceptors (Lipinski definition) is 4. The number of rotatable bonds is 1. The van der Waals surface area contributed by atoms with Gasteiger partial charge in [0.25, 0.3) is 11.1 Å². The summed E-state index contributed by atoms with van der Waals surface area (Å²) in [5.41, 5.74) is 5.35. The molecule has 19 heavy (non-hydrogen) atoms. The zero-order valence-corrected chi connectivity index (χ0v) is 9.97. The lowest BCUT2D eigenvalue weighted by atomic mass is 10.1. The van der Waals surface area contributed by atoms with Crippen molar-refractivity contribution in [1.29, 1.82) is 0 Å². The second-order valence-electron chi connectivity index (χ2n) is 4.58. The number of fused-ring (bicyclic) bond motifs is 1. The number of H-pyrrole nitrogens is 2. The number of hydrogen-bond donors (Lipinski definition) is 3. The number of nitrogens with two attached hydrogens (primary N) is 1. The van der Waals surface area contributed by atoms with Gasteiger partial charge in [-0.2, -0.15) is 0 Å². The third-order valence-corrected chi connectivity index (χ3v) is 3.25. The molecular formula is C12H12N4O3. The zero-order valence-electron chi connectivity index (χ0n) is 9.97. The standard InChI is InChI=1S/C12H12N4O3/c13-6-4-9(17)16(5-6)8-3-1-2-7-10(8)12(19)15-14-11(7)18/h1-3,6H,4-5,13H2,(H,14,18)(H,15,19). The Morgan fingerprint density at radius 1 is 1.16 bits per heavy atom. The van der Waals surface area contributed by atoms with Crippen molar-refractivity contribution >= 4 is 22.4 Å². The first-order valence-electron chi connectivity index (χ1n) is 5.87. The number of amides is 1. The van der Waals surface area contributed by atoms with Gasteiger partial charge >= 0.3 is 0 Å². The minimum Gasteiger partial charge on any atom is -0.326 e. The Labute approximate surface area is 107 Å². The van der Waals surface area contributed by atoms with Crippen LogP contribution in [-0.2, 0) is 4.79 Å². The predicted molar refractivity (Wildman–Crippen MR) is 70.1 cm³/mol. The zero-order chi connectivity index (χ0) is 13.6. The van der Waals surface area contributed by atoms with Crippen molar-refractivity contribution in [1.82, 2.24) is 10.2 Å². The van der Waals surface area contributed by atoms with E-state index in [1.165, 1.54) is 4.90 Å². The molecule has 1 saturated heterocycles. The van der Waals surface area contributed by atoms with Gasteiger partial charge in [0.1, 0.15) is 0 Å². The van der Waals surface area contributed by atoms with E-state index < -0.39 is 11.1 Å². The normalized spacial score (nSPS) is 19.3. The van der Waals surface area contributed by atoms with Crippen molar-refractivity contribution in [3.8, 4) is 0 Å². The molecule has 1 aromatic heterocycles. The summed E-state index contributed by atoms with van der Waals surface area (Å²) < 4.78 is 0. The Bertz CT molecular complexity index is 776. The molecule has 7 heteroatoms. The molecule has 2 aromatic rings. The largest absolute Gasteiger partial charge is 0.326 e. The monoisotopic (exact) mass is 260 g/mol. The molecule has 1 aliphatic rings. The molecule has 0 spiro atoms. The van der Waals surface area contributed by atoms with Gasteiger partial charge < -0.3 is 10.6 Å². The van der Waals surface area contributed by atoms with Crippen LogP contribution in [-0.4, -0.2) is 28.7 Å². The number of carbonyl (C=O) groups excluding carboxylic acids is 1. The highest BCUT2D eigenvalue weighted by atomic mass is 16.2. The van der Waals surface area contributed by atoms with Gasteiger partial charge in [-0.05, 0) is 12.1 Å². The van der Waals surface area contributed by atoms with E-state index in [1.54, 1.807) is 18.2 Å². The van der Waals surface area contributed by atoms with Crippen LogP contribution in [0.15, 0.2) is 27.8 Å². The highest BCUT2D eigenvalue weighted by molar-refractivity contribution is 6.04. The van der Waals surface area contributed by atoms with Crippen LogP contribution in [0.5, 0.6) is 0 Å². The van der Waals surface area contributed by atoms with Crippen LogP contribution in [0.4, 0.5) is 5.69 Å². The smallest absolute Gasteiger partial charge is 0.272 e. The van der Waals surface area contributed by atoms with Gasteiger partial charge in [0.05, 0.1) is 16.5 Å². The molecule has 1 fully saturated rings. The van der Waals surface area contributed by atoms with Crippen LogP contribution < -0.4 is 21.8 Å². The van der Waals surface area contributed by atoms with Gasteiger partial charge in [-0.15, -0.1) is 0 Å². The molecule has 3 rings (SSSR count). The molecule has 98 valence electrons. The molecule has 2 heterocycles. The summed E-state index contributed by atoms with van der Waals surface area (Å²) in [4.78, 5) is 36.9. The van der Waals surface area contributed by atoms with Gasteiger partial charge in [0, 0.05) is 19.0 Å². The average Bonchev–Trinajstić information content (AvgIpc) is 2.72. The Balaban J connectivity index is 2.31. The van der Waals surface area contributed by atoms with Crippen LogP contribution in [0.25, 0.3) is 10.8 Å². The maximum atomic E-state index is 11.9. The van der Waals surface area contributed by atoms with E-state index in [9.17, 15) is 14.4 Å². The van der Waals surface area contributed by atoms with E-state index in [0.717, 1.165) is 0 Å². The van der Waals surface area contributed by atoms with E-state index in [-0.39, 0.29) is 29.1 Å². The molecule has 1 aromatic carbocycles. The van der Waals surface area contributed by atoms with Gasteiger partial charge in [-0.3, -0.25) is 24.6 Å². The summed E-state index contributed by atoms with van der Waals surface area (Å²) in [7, 11) is 0. The SMILES string of the molecule is NC1CC(=O)N(c2cccc3c(=O)[nH][nH]c(=O)c23)C1. The predicted octanol–water partition coefficient (Wildman–Crippen LogP) is -0.720. The minimum absolute atomic E-state index is 0.139. The van der Waals surface area contributed by atoms with Crippen molar-refractivity contribution in [2.45, 2.75) is 12.5 Å². The lowest BCUT2D eigenvalue weighted by Gasteiger charge is -2.17. The van der Waals surface area contributed by atoms with Crippen molar-refractivity contribution in [2.24, 2.45) is 5.73 Å². The number of carbonyl (C=O) groups is 1. The molecule has 0 bridgehead atoms. The third kappa shape index (κ3) is 1.75. The lowest BCUT2D eigenvalue weighted by Crippen LogP contribution is -2.30. The molecule has 0 aliphatic carbocycles. The van der Waals surface area contributed by atoms with Crippen molar-refractivity contribution in [2.75, 3.05) is 11.4 Å². The summed E-state index contributed by atoms with van der Waals surface area (Å²) in [6.45, 7) is 0.351. The highest BCUT2D eigenvalue weighted by Crippen LogP contribution is 2.25. The number of anilines is 1. The molecule has 1 atom stereocenters. The molecule has 4 N–H and O–H groups in total. The first kappa shape index (κ1) is 11.7. The summed E-state index contributed by atoms with van der Waals surface area (Å²) in [6.07, 6.45) is 0.248. The molecule has 0 radical (unpaired) electrons. The van der Waals surface area contributed by atoms with Crippen molar-refractivity contribution in [3.05, 3.63) is 38.9 Å². The van der Waals surface area contributed by atoms with Gasteiger partial charge in [0.2, 0.25) is 5.91 Å². The van der Waals surface area contributed by atoms with Crippen LogP contribution in [0.2, 0.25) is 0 Å². The van der Waals surface area contributed by atoms with Crippen molar-refractivity contribution < 1.29 is 4.79 Å². The lowest BCUT2D eigenvalue weighted by molar-refractivity contribution is -0.117. The highest BCUT2D eigenvalue weighted by Gasteiger charge is 2.29. The maximum Gasteiger partial charge on any atom is 0.272 e. The first-order chi connectivity index (χ1) is 9.08. The molecule has 1 aliphatic heterocycles. The van der Waals surface area contributed by atoms with Crippen LogP contribution in [0, 0.1) is 0 Å². The Hall–Kier alpha value is -2.41. The van der Waals surface area contributed by atoms with Crippen molar-refractivity contribution in [3.63, 3.8) is 0 Å². The maximum absolute atomic E-state index is 11.9. The van der Waals surface area contributed by atoms with Gasteiger partial charge in [0.15, 0.2) is 0 Å². The first-order valence-corrected chi connectivity index (χ1v) is 5.87. The molecule has 1 amide bonds. The second kappa shape index (κ2) is 4.06. The Morgan fingerprint density at radius 3 is 2.58 bits per heavy atom. The summed E-state index contributed by atoms with van der Waals surface area (Å²) >= 11 is 0. The van der Waals surface area contributed by atoms with E-state index in [1.807, 2.05) is 0 Å². The number of aromatic amines is 2. The number of aromatic nitrogens is 2. The summed E-state index contributed by atoms with van der Waals surface area (Å²) in [6, 6.07) is 4.59. The van der Waals surface area contributed by atoms with E-state index >= 15 is 0 Å². The molecule has 7 nitrogen and oxygen atoms in total. The summed E-state index contributed by atoms with van der Waals surface area (Å²) in [5, 5.41) is 5.00. The van der Waals surface area contributed by atoms with Crippen LogP contribution in [0.1, 0.15) is 6.42 Å². The van der Waals surface area contributed by atoms with Crippen LogP contribution >= 0.6 is 0 Å². The van der Waals surface area contributed by atoms with Gasteiger partial charge in [-0.25, -0.2) is 0 Å². The van der Waals surface area contributed by atoms with E-state index in [4.69, 9.17) is 5.73 Å². The quantitative estimate of drug-likeness (QED) is 0.628. The number of benzene rings is 1. The fourth-order valence-corrected chi connectivity index (χ4v) is 2.40.